The number of benzene rings is 2. The second-order valence-electron chi connectivity index (χ2n) is 8.90. The summed E-state index contributed by atoms with van der Waals surface area (Å²) in [6, 6.07) is 10.0. The first-order chi connectivity index (χ1) is 16.2. The van der Waals surface area contributed by atoms with Crippen molar-refractivity contribution >= 4 is 41.3 Å². The molecule has 2 N–H and O–H groups in total. The van der Waals surface area contributed by atoms with E-state index in [9.17, 15) is 9.18 Å². The van der Waals surface area contributed by atoms with Crippen LogP contribution in [0.2, 0.25) is 10.0 Å². The molecule has 6 nitrogen and oxygen atoms in total. The molecular weight excluding hydrogens is 482 g/mol. The number of para-hydroxylation sites is 1. The summed E-state index contributed by atoms with van der Waals surface area (Å²) < 4.78 is 14.3. The molecule has 0 amide bonds. The normalized spacial score (nSPS) is 20.8. The topological polar surface area (TPSA) is 81.1 Å². The third-order valence-corrected chi connectivity index (χ3v) is 7.26. The first-order valence-electron chi connectivity index (χ1n) is 11.1. The van der Waals surface area contributed by atoms with Gasteiger partial charge in [0.15, 0.2) is 0 Å². The SMILES string of the molecule is Cc1cc(C2CN(c3c(Cl)cccc3Cl)C2)cc(C)c1CN1CCC(C(=O)O)C(F)C1.O=CO. The van der Waals surface area contributed by atoms with Crippen molar-refractivity contribution in [1.82, 2.24) is 4.90 Å². The molecule has 2 aromatic rings. The highest BCUT2D eigenvalue weighted by Crippen LogP contribution is 2.40. The summed E-state index contributed by atoms with van der Waals surface area (Å²) in [5, 5.41) is 17.4. The van der Waals surface area contributed by atoms with E-state index in [1.54, 1.807) is 0 Å². The van der Waals surface area contributed by atoms with E-state index < -0.39 is 18.1 Å². The van der Waals surface area contributed by atoms with Gasteiger partial charge in [0.25, 0.3) is 6.47 Å². The van der Waals surface area contributed by atoms with Gasteiger partial charge >= 0.3 is 5.97 Å². The molecule has 2 aliphatic rings. The third kappa shape index (κ3) is 5.82. The first-order valence-corrected chi connectivity index (χ1v) is 11.9. The highest BCUT2D eigenvalue weighted by Gasteiger charge is 2.35. The van der Waals surface area contributed by atoms with Crippen molar-refractivity contribution in [3.63, 3.8) is 0 Å². The van der Waals surface area contributed by atoms with Crippen LogP contribution in [0.15, 0.2) is 30.3 Å². The van der Waals surface area contributed by atoms with Gasteiger partial charge in [-0.3, -0.25) is 14.5 Å². The van der Waals surface area contributed by atoms with Gasteiger partial charge in [-0.15, -0.1) is 0 Å². The number of alkyl halides is 1. The van der Waals surface area contributed by atoms with E-state index in [4.69, 9.17) is 38.2 Å². The van der Waals surface area contributed by atoms with Crippen molar-refractivity contribution in [1.29, 1.82) is 0 Å². The van der Waals surface area contributed by atoms with Crippen LogP contribution in [0.5, 0.6) is 0 Å². The molecule has 9 heteroatoms. The minimum absolute atomic E-state index is 0.174. The van der Waals surface area contributed by atoms with Gasteiger partial charge in [-0.25, -0.2) is 4.39 Å². The lowest BCUT2D eigenvalue weighted by molar-refractivity contribution is -0.146. The Morgan fingerprint density at radius 3 is 2.21 bits per heavy atom. The number of rotatable bonds is 5. The molecule has 2 aliphatic heterocycles. The van der Waals surface area contributed by atoms with Crippen molar-refractivity contribution < 1.29 is 24.2 Å². The Kier molecular flexibility index (Phi) is 8.79. The molecular formula is C25H29Cl2FN2O4. The number of nitrogens with zero attached hydrogens (tertiary/aromatic N) is 2. The fraction of sp³-hybridized carbons (Fsp3) is 0.440. The van der Waals surface area contributed by atoms with Crippen LogP contribution < -0.4 is 4.90 Å². The number of aliphatic carboxylic acids is 1. The van der Waals surface area contributed by atoms with Gasteiger partial charge in [-0.1, -0.05) is 41.4 Å². The van der Waals surface area contributed by atoms with Gasteiger partial charge in [-0.2, -0.15) is 0 Å². The first kappa shape index (κ1) is 26.3. The Morgan fingerprint density at radius 2 is 1.71 bits per heavy atom. The Hall–Kier alpha value is -2.35. The average molecular weight is 511 g/mol. The Morgan fingerprint density at radius 1 is 1.15 bits per heavy atom. The highest BCUT2D eigenvalue weighted by atomic mass is 35.5. The molecule has 2 saturated heterocycles. The summed E-state index contributed by atoms with van der Waals surface area (Å²) in [5.74, 6) is -1.49. The van der Waals surface area contributed by atoms with E-state index in [-0.39, 0.29) is 13.0 Å². The number of anilines is 1. The van der Waals surface area contributed by atoms with Gasteiger partial charge in [0.05, 0.1) is 21.7 Å². The second kappa shape index (κ2) is 11.4. The van der Waals surface area contributed by atoms with Gasteiger partial charge in [-0.05, 0) is 61.2 Å². The number of carboxylic acid groups (broad SMARTS) is 2. The van der Waals surface area contributed by atoms with Gasteiger partial charge < -0.3 is 15.1 Å². The fourth-order valence-electron chi connectivity index (χ4n) is 4.79. The van der Waals surface area contributed by atoms with Crippen molar-refractivity contribution in [2.75, 3.05) is 31.1 Å². The van der Waals surface area contributed by atoms with E-state index in [1.165, 1.54) is 22.3 Å². The molecule has 0 radical (unpaired) electrons. The number of likely N-dealkylation sites (tertiary alicyclic amines) is 1. The van der Waals surface area contributed by atoms with Gasteiger partial charge in [0.1, 0.15) is 6.17 Å². The molecule has 2 heterocycles. The summed E-state index contributed by atoms with van der Waals surface area (Å²) in [4.78, 5) is 23.8. The maximum Gasteiger partial charge on any atom is 0.309 e. The number of carboxylic acids is 1. The lowest BCUT2D eigenvalue weighted by atomic mass is 9.86. The summed E-state index contributed by atoms with van der Waals surface area (Å²) in [6.07, 6.45) is -0.960. The number of hydrogen-bond acceptors (Lipinski definition) is 4. The lowest BCUT2D eigenvalue weighted by Crippen LogP contribution is -2.45. The molecule has 184 valence electrons. The van der Waals surface area contributed by atoms with E-state index in [2.05, 4.69) is 30.9 Å². The van der Waals surface area contributed by atoms with Crippen LogP contribution in [0.25, 0.3) is 0 Å². The van der Waals surface area contributed by atoms with Crippen molar-refractivity contribution in [3.8, 4) is 0 Å². The van der Waals surface area contributed by atoms with E-state index in [0.29, 0.717) is 35.5 Å². The zero-order valence-corrected chi connectivity index (χ0v) is 20.7. The van der Waals surface area contributed by atoms with Gasteiger partial charge in [0.2, 0.25) is 0 Å². The highest BCUT2D eigenvalue weighted by molar-refractivity contribution is 6.39. The zero-order chi connectivity index (χ0) is 25.0. The summed E-state index contributed by atoms with van der Waals surface area (Å²) >= 11 is 12.7. The molecule has 2 fully saturated rings. The van der Waals surface area contributed by atoms with Crippen LogP contribution >= 0.6 is 23.2 Å². The molecule has 34 heavy (non-hydrogen) atoms. The largest absolute Gasteiger partial charge is 0.483 e. The van der Waals surface area contributed by atoms with Crippen LogP contribution in [0.1, 0.15) is 34.6 Å². The van der Waals surface area contributed by atoms with Crippen LogP contribution in [-0.2, 0) is 16.1 Å². The van der Waals surface area contributed by atoms with E-state index in [0.717, 1.165) is 18.8 Å². The van der Waals surface area contributed by atoms with Crippen LogP contribution in [0, 0.1) is 19.8 Å². The van der Waals surface area contributed by atoms with Crippen molar-refractivity contribution in [2.45, 2.75) is 38.9 Å². The van der Waals surface area contributed by atoms with E-state index >= 15 is 0 Å². The molecule has 0 aliphatic carbocycles. The molecule has 2 aromatic carbocycles. The summed E-state index contributed by atoms with van der Waals surface area (Å²) in [5.41, 5.74) is 5.79. The van der Waals surface area contributed by atoms with Crippen LogP contribution in [-0.4, -0.2) is 59.9 Å². The molecule has 4 rings (SSSR count). The maximum absolute atomic E-state index is 14.3. The number of hydrogen-bond donors (Lipinski definition) is 2. The Bertz CT molecular complexity index is 1000. The number of carbonyl (C=O) groups is 2. The predicted octanol–water partition coefficient (Wildman–Crippen LogP) is 5.16. The van der Waals surface area contributed by atoms with Crippen molar-refractivity contribution in [2.24, 2.45) is 5.92 Å². The Balaban J connectivity index is 0.00000103. The van der Waals surface area contributed by atoms with Gasteiger partial charge in [0, 0.05) is 32.1 Å². The third-order valence-electron chi connectivity index (χ3n) is 6.65. The monoisotopic (exact) mass is 510 g/mol. The molecule has 2 atom stereocenters. The van der Waals surface area contributed by atoms with E-state index in [1.807, 2.05) is 23.1 Å². The lowest BCUT2D eigenvalue weighted by Gasteiger charge is -2.42. The second-order valence-corrected chi connectivity index (χ2v) is 9.71. The smallest absolute Gasteiger partial charge is 0.309 e. The average Bonchev–Trinajstić information content (AvgIpc) is 2.72. The minimum atomic E-state index is -1.32. The van der Waals surface area contributed by atoms with Crippen LogP contribution in [0.3, 0.4) is 0 Å². The molecule has 0 aromatic heterocycles. The van der Waals surface area contributed by atoms with Crippen molar-refractivity contribution in [3.05, 3.63) is 62.6 Å². The van der Waals surface area contributed by atoms with Crippen LogP contribution in [0.4, 0.5) is 10.1 Å². The summed E-state index contributed by atoms with van der Waals surface area (Å²) in [6.45, 7) is 7.12. The Labute approximate surface area is 208 Å². The quantitative estimate of drug-likeness (QED) is 0.540. The minimum Gasteiger partial charge on any atom is -0.483 e. The number of halogens is 3. The molecule has 0 saturated carbocycles. The maximum atomic E-state index is 14.3. The zero-order valence-electron chi connectivity index (χ0n) is 19.2. The fourth-order valence-corrected chi connectivity index (χ4v) is 5.42. The standard InChI is InChI=1S/C24H27Cl2FN2O2.CH2O2/c1-14-8-16(17-10-29(11-17)23-20(25)4-3-5-21(23)26)9-15(2)19(14)12-28-7-6-18(24(30)31)22(27)13-28;2-1-3/h3-5,8-9,17-18,22H,6-7,10-13H2,1-2H3,(H,30,31);1H,(H,2,3). The number of aryl methyl sites for hydroxylation is 2. The molecule has 0 bridgehead atoms. The molecule has 2 unspecified atom stereocenters. The predicted molar refractivity (Wildman–Crippen MR) is 132 cm³/mol. The molecule has 0 spiro atoms. The summed E-state index contributed by atoms with van der Waals surface area (Å²) in [7, 11) is 0. The number of piperidine rings is 1.